The first-order valence-electron chi connectivity index (χ1n) is 6.77. The molecule has 0 aromatic heterocycles. The summed E-state index contributed by atoms with van der Waals surface area (Å²) in [7, 11) is 1.39. The summed E-state index contributed by atoms with van der Waals surface area (Å²) in [5, 5.41) is 8.77. The van der Waals surface area contributed by atoms with E-state index in [2.05, 4.69) is 0 Å². The van der Waals surface area contributed by atoms with Gasteiger partial charge in [-0.2, -0.15) is 0 Å². The molecule has 1 aromatic rings. The molecule has 22 heavy (non-hydrogen) atoms. The van der Waals surface area contributed by atoms with Crippen molar-refractivity contribution >= 4 is 23.5 Å². The smallest absolute Gasteiger partial charge is 0.338 e. The molecule has 120 valence electrons. The van der Waals surface area contributed by atoms with Crippen LogP contribution in [0, 0.1) is 0 Å². The van der Waals surface area contributed by atoms with Gasteiger partial charge in [-0.15, -0.1) is 0 Å². The van der Waals surface area contributed by atoms with Gasteiger partial charge in [0.1, 0.15) is 6.61 Å². The summed E-state index contributed by atoms with van der Waals surface area (Å²) in [6.45, 7) is 1.86. The Hall–Kier alpha value is -2.41. The van der Waals surface area contributed by atoms with Crippen molar-refractivity contribution < 1.29 is 29.0 Å². The third kappa shape index (κ3) is 5.17. The third-order valence-electron chi connectivity index (χ3n) is 2.81. The molecule has 0 radical (unpaired) electrons. The summed E-state index contributed by atoms with van der Waals surface area (Å²) in [5.74, 6) is -1.81. The van der Waals surface area contributed by atoms with Gasteiger partial charge < -0.3 is 19.5 Å². The fourth-order valence-electron chi connectivity index (χ4n) is 1.80. The maximum Gasteiger partial charge on any atom is 0.338 e. The summed E-state index contributed by atoms with van der Waals surface area (Å²) in [5.41, 5.74) is 0.860. The molecule has 1 aromatic carbocycles. The fraction of sp³-hybridized carbons (Fsp3) is 0.400. The Labute approximate surface area is 128 Å². The summed E-state index contributed by atoms with van der Waals surface area (Å²) in [4.78, 5) is 35.6. The van der Waals surface area contributed by atoms with E-state index in [1.54, 1.807) is 19.1 Å². The first-order chi connectivity index (χ1) is 10.5. The maximum absolute atomic E-state index is 12.0. The molecule has 1 N–H and O–H groups in total. The van der Waals surface area contributed by atoms with Crippen LogP contribution in [0.25, 0.3) is 0 Å². The fourth-order valence-corrected chi connectivity index (χ4v) is 1.80. The van der Waals surface area contributed by atoms with Crippen molar-refractivity contribution in [2.24, 2.45) is 0 Å². The van der Waals surface area contributed by atoms with Crippen LogP contribution < -0.4 is 4.90 Å². The summed E-state index contributed by atoms with van der Waals surface area (Å²) in [6, 6.07) is 6.20. The number of carbonyl (C=O) groups is 3. The quantitative estimate of drug-likeness (QED) is 0.728. The average molecular weight is 309 g/mol. The second-order valence-electron chi connectivity index (χ2n) is 4.39. The normalized spacial score (nSPS) is 10.1. The largest absolute Gasteiger partial charge is 0.481 e. The molecule has 1 rings (SSSR count). The van der Waals surface area contributed by atoms with Crippen LogP contribution in [0.15, 0.2) is 24.3 Å². The molecule has 0 saturated carbocycles. The number of amides is 1. The van der Waals surface area contributed by atoms with Gasteiger partial charge in [0, 0.05) is 19.3 Å². The molecule has 0 aliphatic heterocycles. The van der Waals surface area contributed by atoms with E-state index in [4.69, 9.17) is 14.6 Å². The number of methoxy groups -OCH3 is 1. The van der Waals surface area contributed by atoms with Crippen molar-refractivity contribution in [2.45, 2.75) is 13.3 Å². The number of hydrogen-bond acceptors (Lipinski definition) is 5. The molecule has 0 aliphatic rings. The number of aliphatic carboxylic acids is 1. The Bertz CT molecular complexity index is 525. The molecule has 0 saturated heterocycles. The SMILES string of the molecule is CCOC(=O)c1ccc(N(CCC(=O)O)C(=O)COC)cc1. The van der Waals surface area contributed by atoms with E-state index in [-0.39, 0.29) is 32.1 Å². The lowest BCUT2D eigenvalue weighted by molar-refractivity contribution is -0.136. The van der Waals surface area contributed by atoms with Gasteiger partial charge in [0.2, 0.25) is 0 Å². The molecule has 0 fully saturated rings. The van der Waals surface area contributed by atoms with E-state index < -0.39 is 11.9 Å². The molecular weight excluding hydrogens is 290 g/mol. The van der Waals surface area contributed by atoms with E-state index in [9.17, 15) is 14.4 Å². The summed E-state index contributed by atoms with van der Waals surface area (Å²) < 4.78 is 9.67. The van der Waals surface area contributed by atoms with Gasteiger partial charge in [0.05, 0.1) is 18.6 Å². The number of carboxylic acids is 1. The van der Waals surface area contributed by atoms with Crippen molar-refractivity contribution in [1.82, 2.24) is 0 Å². The second-order valence-corrected chi connectivity index (χ2v) is 4.39. The van der Waals surface area contributed by atoms with Crippen LogP contribution in [0.4, 0.5) is 5.69 Å². The Morgan fingerprint density at radius 1 is 1.18 bits per heavy atom. The van der Waals surface area contributed by atoms with Crippen LogP contribution in [0.5, 0.6) is 0 Å². The highest BCUT2D eigenvalue weighted by molar-refractivity contribution is 5.96. The van der Waals surface area contributed by atoms with Gasteiger partial charge >= 0.3 is 11.9 Å². The van der Waals surface area contributed by atoms with Crippen LogP contribution in [0.1, 0.15) is 23.7 Å². The number of esters is 1. The standard InChI is InChI=1S/C15H19NO6/c1-3-22-15(20)11-4-6-12(7-5-11)16(9-8-14(18)19)13(17)10-21-2/h4-7H,3,8-10H2,1-2H3,(H,18,19). The van der Waals surface area contributed by atoms with Crippen LogP contribution in [-0.4, -0.2) is 49.8 Å². The van der Waals surface area contributed by atoms with E-state index in [0.717, 1.165) is 0 Å². The molecule has 7 heteroatoms. The first-order valence-corrected chi connectivity index (χ1v) is 6.77. The van der Waals surface area contributed by atoms with Crippen molar-refractivity contribution in [1.29, 1.82) is 0 Å². The van der Waals surface area contributed by atoms with E-state index in [1.165, 1.54) is 24.1 Å². The Morgan fingerprint density at radius 2 is 1.82 bits per heavy atom. The van der Waals surface area contributed by atoms with Crippen LogP contribution in [0.2, 0.25) is 0 Å². The lowest BCUT2D eigenvalue weighted by Crippen LogP contribution is -2.35. The molecule has 0 atom stereocenters. The lowest BCUT2D eigenvalue weighted by atomic mass is 10.2. The van der Waals surface area contributed by atoms with Crippen molar-refractivity contribution in [2.75, 3.05) is 31.8 Å². The molecule has 0 heterocycles. The molecule has 0 bridgehead atoms. The van der Waals surface area contributed by atoms with Gasteiger partial charge in [-0.05, 0) is 31.2 Å². The highest BCUT2D eigenvalue weighted by Gasteiger charge is 2.17. The number of anilines is 1. The number of benzene rings is 1. The molecule has 1 amide bonds. The first kappa shape index (κ1) is 17.6. The van der Waals surface area contributed by atoms with Crippen molar-refractivity contribution in [3.63, 3.8) is 0 Å². The molecular formula is C15H19NO6. The predicted octanol–water partition coefficient (Wildman–Crippen LogP) is 1.32. The zero-order chi connectivity index (χ0) is 16.5. The number of nitrogens with zero attached hydrogens (tertiary/aromatic N) is 1. The average Bonchev–Trinajstić information content (AvgIpc) is 2.48. The van der Waals surface area contributed by atoms with Crippen molar-refractivity contribution in [3.8, 4) is 0 Å². The van der Waals surface area contributed by atoms with Crippen LogP contribution >= 0.6 is 0 Å². The minimum absolute atomic E-state index is 0.0241. The zero-order valence-electron chi connectivity index (χ0n) is 12.6. The highest BCUT2D eigenvalue weighted by atomic mass is 16.5. The minimum atomic E-state index is -1.00. The van der Waals surface area contributed by atoms with E-state index in [1.807, 2.05) is 0 Å². The van der Waals surface area contributed by atoms with Gasteiger partial charge in [0.15, 0.2) is 0 Å². The molecule has 0 unspecified atom stereocenters. The number of rotatable bonds is 8. The highest BCUT2D eigenvalue weighted by Crippen LogP contribution is 2.17. The molecule has 0 spiro atoms. The van der Waals surface area contributed by atoms with E-state index >= 15 is 0 Å². The Morgan fingerprint density at radius 3 is 2.32 bits per heavy atom. The minimum Gasteiger partial charge on any atom is -0.481 e. The van der Waals surface area contributed by atoms with Gasteiger partial charge in [-0.25, -0.2) is 4.79 Å². The molecule has 7 nitrogen and oxygen atoms in total. The zero-order valence-corrected chi connectivity index (χ0v) is 12.6. The number of carboxylic acid groups (broad SMARTS) is 1. The number of hydrogen-bond donors (Lipinski definition) is 1. The van der Waals surface area contributed by atoms with E-state index in [0.29, 0.717) is 11.3 Å². The maximum atomic E-state index is 12.0. The Balaban J connectivity index is 2.91. The lowest BCUT2D eigenvalue weighted by Gasteiger charge is -2.22. The number of ether oxygens (including phenoxy) is 2. The topological polar surface area (TPSA) is 93.1 Å². The monoisotopic (exact) mass is 309 g/mol. The van der Waals surface area contributed by atoms with Crippen molar-refractivity contribution in [3.05, 3.63) is 29.8 Å². The Kier molecular flexibility index (Phi) is 7.04. The van der Waals surface area contributed by atoms with Crippen LogP contribution in [0.3, 0.4) is 0 Å². The summed E-state index contributed by atoms with van der Waals surface area (Å²) >= 11 is 0. The molecule has 0 aliphatic carbocycles. The summed E-state index contributed by atoms with van der Waals surface area (Å²) in [6.07, 6.45) is -0.185. The second kappa shape index (κ2) is 8.78. The van der Waals surface area contributed by atoms with Gasteiger partial charge in [-0.1, -0.05) is 0 Å². The van der Waals surface area contributed by atoms with Crippen LogP contribution in [-0.2, 0) is 19.1 Å². The van der Waals surface area contributed by atoms with Gasteiger partial charge in [0.25, 0.3) is 5.91 Å². The third-order valence-corrected chi connectivity index (χ3v) is 2.81. The predicted molar refractivity (Wildman–Crippen MR) is 78.9 cm³/mol. The number of carbonyl (C=O) groups excluding carboxylic acids is 2. The van der Waals surface area contributed by atoms with Gasteiger partial charge in [-0.3, -0.25) is 9.59 Å².